The highest BCUT2D eigenvalue weighted by atomic mass is 35.5. The molecule has 1 aliphatic rings. The van der Waals surface area contributed by atoms with E-state index in [4.69, 9.17) is 16.6 Å². The SMILES string of the molecule is CC(NC(=O)c1c[nH]c2ncc(-c3nn(C)c4cc(Cl)ccc34)nc12)C1CN([SH+](C)=O)C1. The van der Waals surface area contributed by atoms with Gasteiger partial charge in [0.2, 0.25) is 0 Å². The van der Waals surface area contributed by atoms with Gasteiger partial charge in [-0.1, -0.05) is 15.8 Å². The highest BCUT2D eigenvalue weighted by Gasteiger charge is 2.37. The summed E-state index contributed by atoms with van der Waals surface area (Å²) in [6.07, 6.45) is 4.98. The van der Waals surface area contributed by atoms with Crippen molar-refractivity contribution in [3.63, 3.8) is 0 Å². The zero-order chi connectivity index (χ0) is 22.6. The lowest BCUT2D eigenvalue weighted by molar-refractivity contribution is 0.0890. The molecule has 1 fully saturated rings. The van der Waals surface area contributed by atoms with Gasteiger partial charge in [-0.3, -0.25) is 9.48 Å². The molecule has 11 heteroatoms. The molecule has 166 valence electrons. The van der Waals surface area contributed by atoms with Gasteiger partial charge in [0.15, 0.2) is 5.65 Å². The van der Waals surface area contributed by atoms with Crippen molar-refractivity contribution in [3.05, 3.63) is 41.2 Å². The first-order valence-electron chi connectivity index (χ1n) is 10.2. The third-order valence-corrected chi connectivity index (χ3v) is 7.39. The molecule has 0 aliphatic carbocycles. The maximum Gasteiger partial charge on any atom is 0.255 e. The van der Waals surface area contributed by atoms with Crippen LogP contribution in [0.4, 0.5) is 0 Å². The monoisotopic (exact) mass is 472 g/mol. The highest BCUT2D eigenvalue weighted by molar-refractivity contribution is 7.81. The van der Waals surface area contributed by atoms with Crippen molar-refractivity contribution >= 4 is 50.6 Å². The summed E-state index contributed by atoms with van der Waals surface area (Å²) in [7, 11) is 0.535. The summed E-state index contributed by atoms with van der Waals surface area (Å²) in [5.41, 5.74) is 3.60. The Kier molecular flexibility index (Phi) is 5.23. The van der Waals surface area contributed by atoms with E-state index < -0.39 is 11.0 Å². The minimum Gasteiger partial charge on any atom is -0.349 e. The van der Waals surface area contributed by atoms with E-state index in [0.29, 0.717) is 33.1 Å². The molecule has 1 aromatic carbocycles. The molecule has 0 saturated carbocycles. The van der Waals surface area contributed by atoms with Gasteiger partial charge >= 0.3 is 0 Å². The zero-order valence-electron chi connectivity index (χ0n) is 17.8. The number of rotatable bonds is 5. The van der Waals surface area contributed by atoms with Crippen molar-refractivity contribution in [2.24, 2.45) is 13.0 Å². The molecule has 0 spiro atoms. The fourth-order valence-electron chi connectivity index (χ4n) is 4.03. The molecule has 2 atom stereocenters. The predicted molar refractivity (Wildman–Crippen MR) is 126 cm³/mol. The van der Waals surface area contributed by atoms with Crippen LogP contribution < -0.4 is 5.32 Å². The quantitative estimate of drug-likeness (QED) is 0.342. The fourth-order valence-corrected chi connectivity index (χ4v) is 5.08. The van der Waals surface area contributed by atoms with Crippen LogP contribution >= 0.6 is 11.6 Å². The molecule has 0 bridgehead atoms. The average molecular weight is 473 g/mol. The number of hydrogen-bond donors (Lipinski definition) is 2. The third kappa shape index (κ3) is 3.58. The molecule has 1 amide bonds. The highest BCUT2D eigenvalue weighted by Crippen LogP contribution is 2.29. The van der Waals surface area contributed by atoms with Crippen LogP contribution in [0, 0.1) is 5.92 Å². The number of H-pyrrole nitrogens is 1. The van der Waals surface area contributed by atoms with Crippen LogP contribution in [0.5, 0.6) is 0 Å². The number of hydrogen-bond acceptors (Lipinski definition) is 5. The number of carbonyl (C=O) groups is 1. The standard InChI is InChI=1S/C21H22ClN7O2S/c1-11(12-9-29(10-12)32(3)31)25-21(30)15-7-23-20-19(15)26-16(8-24-20)18-14-5-4-13(22)6-17(14)28(2)27-18/h4-8,11-12H,9-10H2,1-3H3,(H,23,24)(H,25,30)/p+1. The summed E-state index contributed by atoms with van der Waals surface area (Å²) in [5, 5.41) is 9.19. The van der Waals surface area contributed by atoms with Gasteiger partial charge in [0.05, 0.1) is 17.3 Å². The minimum absolute atomic E-state index is 0.0423. The second-order valence-electron chi connectivity index (χ2n) is 8.15. The molecular weight excluding hydrogens is 450 g/mol. The molecular formula is C21H23ClN7O2S+. The molecule has 2 N–H and O–H groups in total. The molecule has 5 rings (SSSR count). The molecule has 9 nitrogen and oxygen atoms in total. The molecule has 4 aromatic rings. The fraction of sp³-hybridized carbons (Fsp3) is 0.333. The second-order valence-corrected chi connectivity index (χ2v) is 10.1. The summed E-state index contributed by atoms with van der Waals surface area (Å²) in [5.74, 6) is 0.0589. The number of aryl methyl sites for hydroxylation is 1. The molecule has 0 radical (unpaired) electrons. The summed E-state index contributed by atoms with van der Waals surface area (Å²) in [6.45, 7) is 3.42. The van der Waals surface area contributed by atoms with Gasteiger partial charge < -0.3 is 10.3 Å². The normalized spacial score (nSPS) is 16.9. The summed E-state index contributed by atoms with van der Waals surface area (Å²) < 4.78 is 15.2. The Morgan fingerprint density at radius 1 is 1.38 bits per heavy atom. The number of thiol groups is 1. The van der Waals surface area contributed by atoms with Crippen LogP contribution in [-0.2, 0) is 22.2 Å². The van der Waals surface area contributed by atoms with E-state index in [1.165, 1.54) is 0 Å². The molecule has 32 heavy (non-hydrogen) atoms. The number of fused-ring (bicyclic) bond motifs is 2. The first-order valence-corrected chi connectivity index (χ1v) is 12.3. The Labute approximate surface area is 191 Å². The lowest BCUT2D eigenvalue weighted by atomic mass is 9.95. The Balaban J connectivity index is 1.43. The second kappa shape index (κ2) is 7.95. The number of halogens is 1. The predicted octanol–water partition coefficient (Wildman–Crippen LogP) is 2.46. The summed E-state index contributed by atoms with van der Waals surface area (Å²) >= 11 is 6.13. The van der Waals surface area contributed by atoms with Gasteiger partial charge in [-0.15, -0.1) is 4.31 Å². The van der Waals surface area contributed by atoms with Crippen molar-refractivity contribution in [1.29, 1.82) is 0 Å². The molecule has 1 aliphatic heterocycles. The lowest BCUT2D eigenvalue weighted by Gasteiger charge is -2.37. The number of amides is 1. The van der Waals surface area contributed by atoms with Crippen LogP contribution in [0.25, 0.3) is 33.5 Å². The van der Waals surface area contributed by atoms with Crippen LogP contribution in [0.1, 0.15) is 17.3 Å². The number of nitrogens with zero attached hydrogens (tertiary/aromatic N) is 5. The van der Waals surface area contributed by atoms with E-state index in [9.17, 15) is 9.00 Å². The number of aromatic amines is 1. The van der Waals surface area contributed by atoms with Crippen molar-refractivity contribution in [2.45, 2.75) is 13.0 Å². The van der Waals surface area contributed by atoms with Crippen molar-refractivity contribution in [3.8, 4) is 11.4 Å². The van der Waals surface area contributed by atoms with Crippen LogP contribution in [0.15, 0.2) is 30.6 Å². The van der Waals surface area contributed by atoms with E-state index in [-0.39, 0.29) is 17.9 Å². The Morgan fingerprint density at radius 3 is 2.91 bits per heavy atom. The van der Waals surface area contributed by atoms with Gasteiger partial charge in [-0.05, 0) is 25.1 Å². The maximum absolute atomic E-state index is 13.0. The average Bonchev–Trinajstić information content (AvgIpc) is 3.27. The van der Waals surface area contributed by atoms with E-state index in [1.807, 2.05) is 36.5 Å². The Bertz CT molecular complexity index is 1380. The minimum atomic E-state index is -1.31. The van der Waals surface area contributed by atoms with Gasteiger partial charge in [-0.25, -0.2) is 9.97 Å². The summed E-state index contributed by atoms with van der Waals surface area (Å²) in [6, 6.07) is 5.53. The molecule has 4 heterocycles. The van der Waals surface area contributed by atoms with Crippen LogP contribution in [0.2, 0.25) is 5.02 Å². The van der Waals surface area contributed by atoms with Gasteiger partial charge in [0.25, 0.3) is 5.91 Å². The van der Waals surface area contributed by atoms with Gasteiger partial charge in [0, 0.05) is 48.7 Å². The summed E-state index contributed by atoms with van der Waals surface area (Å²) in [4.78, 5) is 25.2. The largest absolute Gasteiger partial charge is 0.349 e. The lowest BCUT2D eigenvalue weighted by Crippen LogP contribution is -2.55. The van der Waals surface area contributed by atoms with E-state index >= 15 is 0 Å². The molecule has 2 unspecified atom stereocenters. The van der Waals surface area contributed by atoms with Gasteiger partial charge in [0.1, 0.15) is 34.1 Å². The maximum atomic E-state index is 13.0. The van der Waals surface area contributed by atoms with Crippen LogP contribution in [0.3, 0.4) is 0 Å². The van der Waals surface area contributed by atoms with Crippen molar-refractivity contribution in [1.82, 2.24) is 34.4 Å². The molecule has 3 aromatic heterocycles. The Morgan fingerprint density at radius 2 is 2.16 bits per heavy atom. The third-order valence-electron chi connectivity index (χ3n) is 6.04. The molecule has 1 saturated heterocycles. The zero-order valence-corrected chi connectivity index (χ0v) is 19.5. The topological polar surface area (TPSA) is 109 Å². The van der Waals surface area contributed by atoms with E-state index in [2.05, 4.69) is 20.4 Å². The van der Waals surface area contributed by atoms with Gasteiger partial charge in [-0.2, -0.15) is 5.10 Å². The Hall–Kier alpha value is -2.82. The van der Waals surface area contributed by atoms with Crippen molar-refractivity contribution < 1.29 is 9.00 Å². The van der Waals surface area contributed by atoms with E-state index in [0.717, 1.165) is 24.0 Å². The first kappa shape index (κ1) is 21.0. The van der Waals surface area contributed by atoms with Crippen LogP contribution in [-0.4, -0.2) is 60.3 Å². The van der Waals surface area contributed by atoms with Crippen molar-refractivity contribution in [2.75, 3.05) is 19.3 Å². The van der Waals surface area contributed by atoms with E-state index in [1.54, 1.807) is 23.3 Å². The number of nitrogens with one attached hydrogen (secondary N) is 2. The first-order chi connectivity index (χ1) is 15.3. The smallest absolute Gasteiger partial charge is 0.255 e. The number of carbonyl (C=O) groups excluding carboxylic acids is 1. The number of benzene rings is 1. The number of aromatic nitrogens is 5.